The van der Waals surface area contributed by atoms with Crippen molar-refractivity contribution in [1.82, 2.24) is 0 Å². The van der Waals surface area contributed by atoms with Crippen molar-refractivity contribution in [3.63, 3.8) is 0 Å². The first kappa shape index (κ1) is 26.6. The summed E-state index contributed by atoms with van der Waals surface area (Å²) in [6, 6.07) is 18.0. The normalized spacial score (nSPS) is 11.6. The van der Waals surface area contributed by atoms with Crippen molar-refractivity contribution in [2.45, 2.75) is 45.6 Å². The first-order chi connectivity index (χ1) is 16.8. The van der Waals surface area contributed by atoms with E-state index in [9.17, 15) is 22.8 Å². The molecule has 0 saturated carbocycles. The van der Waals surface area contributed by atoms with Crippen LogP contribution in [0.4, 0.5) is 18.9 Å². The van der Waals surface area contributed by atoms with Crippen LogP contribution in [0.3, 0.4) is 0 Å². The highest BCUT2D eigenvalue weighted by Gasteiger charge is 2.31. The maximum atomic E-state index is 12.4. The SMILES string of the molecule is CC(C)(C)c1ccc(COc2ccc(-c3ccc(OC(F)(F)F)cc3)cc2NC(=O)CC(=O)O)cc1. The molecule has 0 fully saturated rings. The molecule has 0 heterocycles. The molecule has 0 bridgehead atoms. The molecular formula is C27H26F3NO5. The molecule has 0 unspecified atom stereocenters. The number of nitrogens with one attached hydrogen (secondary N) is 1. The van der Waals surface area contributed by atoms with Gasteiger partial charge in [-0.15, -0.1) is 13.2 Å². The molecule has 0 radical (unpaired) electrons. The number of rotatable bonds is 8. The maximum Gasteiger partial charge on any atom is 0.573 e. The van der Waals surface area contributed by atoms with Crippen LogP contribution in [0.5, 0.6) is 11.5 Å². The summed E-state index contributed by atoms with van der Waals surface area (Å²) in [6.07, 6.45) is -5.53. The Balaban J connectivity index is 1.83. The lowest BCUT2D eigenvalue weighted by Crippen LogP contribution is -2.17. The molecule has 0 aliphatic heterocycles. The van der Waals surface area contributed by atoms with Gasteiger partial charge in [0.2, 0.25) is 5.91 Å². The Bertz CT molecular complexity index is 1210. The van der Waals surface area contributed by atoms with E-state index in [1.54, 1.807) is 18.2 Å². The average molecular weight is 502 g/mol. The van der Waals surface area contributed by atoms with Gasteiger partial charge in [-0.1, -0.05) is 63.2 Å². The number of hydrogen-bond acceptors (Lipinski definition) is 4. The van der Waals surface area contributed by atoms with Gasteiger partial charge in [-0.05, 0) is 51.9 Å². The van der Waals surface area contributed by atoms with Gasteiger partial charge < -0.3 is 19.9 Å². The van der Waals surface area contributed by atoms with E-state index in [-0.39, 0.29) is 23.5 Å². The van der Waals surface area contributed by atoms with Gasteiger partial charge in [-0.25, -0.2) is 0 Å². The van der Waals surface area contributed by atoms with Gasteiger partial charge in [0, 0.05) is 0 Å². The van der Waals surface area contributed by atoms with Gasteiger partial charge in [-0.2, -0.15) is 0 Å². The zero-order valence-corrected chi connectivity index (χ0v) is 20.0. The Morgan fingerprint density at radius 3 is 2.06 bits per heavy atom. The lowest BCUT2D eigenvalue weighted by Gasteiger charge is -2.19. The number of carboxylic acid groups (broad SMARTS) is 1. The van der Waals surface area contributed by atoms with E-state index in [0.717, 1.165) is 5.56 Å². The van der Waals surface area contributed by atoms with E-state index in [0.29, 0.717) is 16.9 Å². The second kappa shape index (κ2) is 10.7. The minimum absolute atomic E-state index is 0.00782. The molecule has 0 spiro atoms. The summed E-state index contributed by atoms with van der Waals surface area (Å²) >= 11 is 0. The first-order valence-electron chi connectivity index (χ1n) is 11.0. The third-order valence-electron chi connectivity index (χ3n) is 5.20. The van der Waals surface area contributed by atoms with Gasteiger partial charge in [0.1, 0.15) is 24.5 Å². The average Bonchev–Trinajstić information content (AvgIpc) is 2.77. The molecule has 9 heteroatoms. The topological polar surface area (TPSA) is 84.9 Å². The number of amides is 1. The van der Waals surface area contributed by atoms with Crippen LogP contribution in [0.1, 0.15) is 38.3 Å². The Morgan fingerprint density at radius 1 is 0.889 bits per heavy atom. The lowest BCUT2D eigenvalue weighted by molar-refractivity contribution is -0.274. The number of benzene rings is 3. The zero-order chi connectivity index (χ0) is 26.5. The Labute approximate surface area is 206 Å². The number of ether oxygens (including phenoxy) is 2. The number of halogens is 3. The second-order valence-corrected chi connectivity index (χ2v) is 9.14. The molecule has 3 rings (SSSR count). The molecule has 0 atom stereocenters. The number of alkyl halides is 3. The van der Waals surface area contributed by atoms with Gasteiger partial charge in [0.25, 0.3) is 0 Å². The van der Waals surface area contributed by atoms with E-state index in [1.807, 2.05) is 24.3 Å². The van der Waals surface area contributed by atoms with Gasteiger partial charge >= 0.3 is 12.3 Å². The molecule has 1 amide bonds. The van der Waals surface area contributed by atoms with E-state index in [1.165, 1.54) is 29.8 Å². The number of hydrogen-bond donors (Lipinski definition) is 2. The number of carbonyl (C=O) groups excluding carboxylic acids is 1. The minimum Gasteiger partial charge on any atom is -0.487 e. The molecule has 6 nitrogen and oxygen atoms in total. The van der Waals surface area contributed by atoms with Gasteiger partial charge in [0.15, 0.2) is 0 Å². The summed E-state index contributed by atoms with van der Waals surface area (Å²) in [4.78, 5) is 23.1. The molecule has 2 N–H and O–H groups in total. The lowest BCUT2D eigenvalue weighted by atomic mass is 9.87. The fourth-order valence-electron chi connectivity index (χ4n) is 3.38. The van der Waals surface area contributed by atoms with Crippen molar-refractivity contribution in [3.05, 3.63) is 77.9 Å². The summed E-state index contributed by atoms with van der Waals surface area (Å²) in [5, 5.41) is 11.5. The Morgan fingerprint density at radius 2 is 1.50 bits per heavy atom. The summed E-state index contributed by atoms with van der Waals surface area (Å²) in [5.74, 6) is -2.08. The van der Waals surface area contributed by atoms with E-state index < -0.39 is 24.7 Å². The van der Waals surface area contributed by atoms with Gasteiger partial charge in [0.05, 0.1) is 5.69 Å². The highest BCUT2D eigenvalue weighted by molar-refractivity contribution is 6.02. The molecule has 0 aliphatic carbocycles. The van der Waals surface area contributed by atoms with Crippen molar-refractivity contribution in [1.29, 1.82) is 0 Å². The molecule has 0 aliphatic rings. The quantitative estimate of drug-likeness (QED) is 0.342. The zero-order valence-electron chi connectivity index (χ0n) is 20.0. The summed E-state index contributed by atoms with van der Waals surface area (Å²) in [5.41, 5.74) is 3.44. The van der Waals surface area contributed by atoms with Crippen LogP contribution in [0, 0.1) is 0 Å². The predicted molar refractivity (Wildman–Crippen MR) is 129 cm³/mol. The van der Waals surface area contributed by atoms with Crippen molar-refractivity contribution in [2.24, 2.45) is 0 Å². The first-order valence-corrected chi connectivity index (χ1v) is 11.0. The van der Waals surface area contributed by atoms with E-state index >= 15 is 0 Å². The van der Waals surface area contributed by atoms with Crippen LogP contribution in [0.15, 0.2) is 66.7 Å². The van der Waals surface area contributed by atoms with Crippen LogP contribution in [0.2, 0.25) is 0 Å². The number of carboxylic acids is 1. The minimum atomic E-state index is -4.80. The highest BCUT2D eigenvalue weighted by Crippen LogP contribution is 2.33. The Hall–Kier alpha value is -4.01. The van der Waals surface area contributed by atoms with Gasteiger partial charge in [-0.3, -0.25) is 9.59 Å². The van der Waals surface area contributed by atoms with Crippen molar-refractivity contribution >= 4 is 17.6 Å². The molecule has 190 valence electrons. The van der Waals surface area contributed by atoms with Crippen LogP contribution in [0.25, 0.3) is 11.1 Å². The van der Waals surface area contributed by atoms with Crippen LogP contribution < -0.4 is 14.8 Å². The molecule has 3 aromatic rings. The smallest absolute Gasteiger partial charge is 0.487 e. The summed E-state index contributed by atoms with van der Waals surface area (Å²) in [7, 11) is 0. The Kier molecular flexibility index (Phi) is 7.92. The standard InChI is InChI=1S/C27H26F3NO5/c1-26(2,3)20-9-4-17(5-10-20)16-35-23-13-8-19(14-22(23)31-24(32)15-25(33)34)18-6-11-21(12-7-18)36-27(28,29)30/h4-14H,15-16H2,1-3H3,(H,31,32)(H,33,34). The van der Waals surface area contributed by atoms with E-state index in [2.05, 4.69) is 30.8 Å². The van der Waals surface area contributed by atoms with Crippen LogP contribution in [-0.4, -0.2) is 23.3 Å². The van der Waals surface area contributed by atoms with Crippen molar-refractivity contribution in [2.75, 3.05) is 5.32 Å². The maximum absolute atomic E-state index is 12.4. The number of anilines is 1. The largest absolute Gasteiger partial charge is 0.573 e. The molecule has 0 aromatic heterocycles. The predicted octanol–water partition coefficient (Wildman–Crippen LogP) is 6.54. The third kappa shape index (κ3) is 7.76. The molecule has 3 aromatic carbocycles. The third-order valence-corrected chi connectivity index (χ3v) is 5.20. The fraction of sp³-hybridized carbons (Fsp3) is 0.259. The monoisotopic (exact) mass is 501 g/mol. The molecule has 36 heavy (non-hydrogen) atoms. The number of aliphatic carboxylic acids is 1. The fourth-order valence-corrected chi connectivity index (χ4v) is 3.38. The van der Waals surface area contributed by atoms with Crippen LogP contribution in [-0.2, 0) is 21.6 Å². The molecule has 0 saturated heterocycles. The second-order valence-electron chi connectivity index (χ2n) is 9.14. The number of carbonyl (C=O) groups is 2. The highest BCUT2D eigenvalue weighted by atomic mass is 19.4. The van der Waals surface area contributed by atoms with Crippen molar-refractivity contribution < 1.29 is 37.3 Å². The summed E-state index contributed by atoms with van der Waals surface area (Å²) < 4.78 is 47.1. The van der Waals surface area contributed by atoms with Crippen LogP contribution >= 0.6 is 0 Å². The summed E-state index contributed by atoms with van der Waals surface area (Å²) in [6.45, 7) is 6.55. The molecular weight excluding hydrogens is 475 g/mol. The van der Waals surface area contributed by atoms with Crippen molar-refractivity contribution in [3.8, 4) is 22.6 Å². The van der Waals surface area contributed by atoms with E-state index in [4.69, 9.17) is 9.84 Å².